The minimum absolute atomic E-state index is 0.335. The Bertz CT molecular complexity index is 1490. The molecule has 0 saturated heterocycles. The molecule has 2 aromatic carbocycles. The van der Waals surface area contributed by atoms with E-state index in [0.29, 0.717) is 41.3 Å². The van der Waals surface area contributed by atoms with Crippen LogP contribution in [0.3, 0.4) is 0 Å². The van der Waals surface area contributed by atoms with Crippen LogP contribution in [0.4, 0.5) is 4.39 Å². The molecule has 0 aliphatic heterocycles. The number of aromatic nitrogens is 6. The highest BCUT2D eigenvalue weighted by molar-refractivity contribution is 5.79. The number of benzene rings is 2. The van der Waals surface area contributed by atoms with E-state index >= 15 is 0 Å². The van der Waals surface area contributed by atoms with Gasteiger partial charge >= 0.3 is 5.69 Å². The van der Waals surface area contributed by atoms with Gasteiger partial charge in [0.2, 0.25) is 5.78 Å². The van der Waals surface area contributed by atoms with E-state index in [9.17, 15) is 14.0 Å². The Balaban J connectivity index is 1.79. The summed E-state index contributed by atoms with van der Waals surface area (Å²) in [5.74, 6) is 0.495. The molecule has 0 fully saturated rings. The van der Waals surface area contributed by atoms with Crippen molar-refractivity contribution >= 4 is 16.9 Å². The van der Waals surface area contributed by atoms with Gasteiger partial charge < -0.3 is 4.57 Å². The van der Waals surface area contributed by atoms with E-state index in [2.05, 4.69) is 15.2 Å². The summed E-state index contributed by atoms with van der Waals surface area (Å²) in [5.41, 5.74) is 1.43. The van der Waals surface area contributed by atoms with E-state index in [0.717, 1.165) is 5.56 Å². The van der Waals surface area contributed by atoms with Crippen LogP contribution in [0.25, 0.3) is 28.3 Å². The minimum Gasteiger partial charge on any atom is -0.302 e. The number of imidazole rings is 1. The molecule has 0 saturated carbocycles. The predicted octanol–water partition coefficient (Wildman–Crippen LogP) is 2.12. The molecule has 0 aliphatic rings. The smallest absolute Gasteiger partial charge is 0.302 e. The third kappa shape index (κ3) is 2.74. The zero-order valence-electron chi connectivity index (χ0n) is 16.0. The molecule has 3 heterocycles. The summed E-state index contributed by atoms with van der Waals surface area (Å²) in [6, 6.07) is 15.7. The van der Waals surface area contributed by atoms with Crippen molar-refractivity contribution < 1.29 is 4.39 Å². The first-order valence-electron chi connectivity index (χ1n) is 9.41. The molecule has 0 amide bonds. The number of aromatic amines is 1. The monoisotopic (exact) mass is 404 g/mol. The van der Waals surface area contributed by atoms with Crippen LogP contribution in [-0.4, -0.2) is 28.7 Å². The highest BCUT2D eigenvalue weighted by Gasteiger charge is 2.22. The highest BCUT2D eigenvalue weighted by atomic mass is 19.1. The lowest BCUT2D eigenvalue weighted by atomic mass is 10.1. The molecule has 3 aromatic heterocycles. The van der Waals surface area contributed by atoms with Crippen molar-refractivity contribution in [1.82, 2.24) is 28.7 Å². The predicted molar refractivity (Wildman–Crippen MR) is 110 cm³/mol. The number of hydrogen-bond acceptors (Lipinski definition) is 4. The first kappa shape index (κ1) is 18.0. The Kier molecular flexibility index (Phi) is 4.09. The lowest BCUT2D eigenvalue weighted by molar-refractivity contribution is 0.628. The second-order valence-electron chi connectivity index (χ2n) is 7.04. The molecule has 0 unspecified atom stereocenters. The van der Waals surface area contributed by atoms with Crippen molar-refractivity contribution in [3.63, 3.8) is 0 Å². The highest BCUT2D eigenvalue weighted by Crippen LogP contribution is 2.24. The largest absolute Gasteiger partial charge is 0.329 e. The number of H-pyrrole nitrogens is 1. The summed E-state index contributed by atoms with van der Waals surface area (Å²) in [6.45, 7) is 0.472. The second kappa shape index (κ2) is 6.80. The van der Waals surface area contributed by atoms with Gasteiger partial charge in [0.15, 0.2) is 17.0 Å². The van der Waals surface area contributed by atoms with Gasteiger partial charge in [0.05, 0.1) is 0 Å². The average molecular weight is 404 g/mol. The van der Waals surface area contributed by atoms with Gasteiger partial charge in [0, 0.05) is 19.2 Å². The van der Waals surface area contributed by atoms with Gasteiger partial charge in [-0.2, -0.15) is 0 Å². The molecule has 1 N–H and O–H groups in total. The Hall–Kier alpha value is -4.01. The Morgan fingerprint density at radius 1 is 1.00 bits per heavy atom. The molecule has 0 aliphatic carbocycles. The fraction of sp³-hybridized carbons (Fsp3) is 0.143. The van der Waals surface area contributed by atoms with E-state index in [1.807, 2.05) is 30.3 Å². The zero-order valence-corrected chi connectivity index (χ0v) is 16.0. The summed E-state index contributed by atoms with van der Waals surface area (Å²) >= 11 is 0. The maximum atomic E-state index is 13.4. The molecule has 5 aromatic rings. The molecule has 5 rings (SSSR count). The number of nitrogens with zero attached hydrogens (tertiary/aromatic N) is 5. The Labute approximate surface area is 168 Å². The normalized spacial score (nSPS) is 11.5. The second-order valence-corrected chi connectivity index (χ2v) is 7.04. The van der Waals surface area contributed by atoms with Crippen molar-refractivity contribution in [2.75, 3.05) is 0 Å². The summed E-state index contributed by atoms with van der Waals surface area (Å²) in [6.07, 6.45) is 0.668. The lowest BCUT2D eigenvalue weighted by Crippen LogP contribution is -2.29. The van der Waals surface area contributed by atoms with Crippen LogP contribution in [-0.2, 0) is 20.0 Å². The van der Waals surface area contributed by atoms with Crippen molar-refractivity contribution in [2.45, 2.75) is 13.0 Å². The van der Waals surface area contributed by atoms with Crippen LogP contribution >= 0.6 is 0 Å². The third-order valence-electron chi connectivity index (χ3n) is 5.21. The molecule has 0 atom stereocenters. The Morgan fingerprint density at radius 2 is 1.73 bits per heavy atom. The van der Waals surface area contributed by atoms with Gasteiger partial charge in [-0.25, -0.2) is 13.6 Å². The number of rotatable bonds is 4. The summed E-state index contributed by atoms with van der Waals surface area (Å²) < 4.78 is 18.2. The number of aryl methyl sites for hydroxylation is 3. The van der Waals surface area contributed by atoms with Crippen LogP contribution < -0.4 is 11.2 Å². The summed E-state index contributed by atoms with van der Waals surface area (Å²) in [5, 5.41) is 8.56. The van der Waals surface area contributed by atoms with Gasteiger partial charge in [-0.1, -0.05) is 30.3 Å². The fourth-order valence-electron chi connectivity index (χ4n) is 3.73. The molecular formula is C21H17FN6O2. The average Bonchev–Trinajstić information content (AvgIpc) is 3.31. The molecule has 0 bridgehead atoms. The quantitative estimate of drug-likeness (QED) is 0.497. The lowest BCUT2D eigenvalue weighted by Gasteiger charge is -2.05. The third-order valence-corrected chi connectivity index (χ3v) is 5.21. The van der Waals surface area contributed by atoms with Gasteiger partial charge in [0.25, 0.3) is 5.56 Å². The van der Waals surface area contributed by atoms with Gasteiger partial charge in [0.1, 0.15) is 5.82 Å². The van der Waals surface area contributed by atoms with E-state index < -0.39 is 11.2 Å². The summed E-state index contributed by atoms with van der Waals surface area (Å²) in [4.78, 5) is 27.4. The SMILES string of the molecule is Cn1c(=O)[nH]c(=O)c2c1n1c(-c3ccc(F)cc3)nnc1n2CCc1ccccc1. The maximum absolute atomic E-state index is 13.4. The number of fused-ring (bicyclic) bond motifs is 3. The van der Waals surface area contributed by atoms with E-state index in [1.54, 1.807) is 28.1 Å². The van der Waals surface area contributed by atoms with Crippen molar-refractivity contribution in [3.8, 4) is 11.4 Å². The van der Waals surface area contributed by atoms with Crippen LogP contribution in [0.1, 0.15) is 5.56 Å². The van der Waals surface area contributed by atoms with Crippen molar-refractivity contribution in [1.29, 1.82) is 0 Å². The van der Waals surface area contributed by atoms with Crippen LogP contribution in [0, 0.1) is 5.82 Å². The first-order chi connectivity index (χ1) is 14.5. The molecule has 8 nitrogen and oxygen atoms in total. The van der Waals surface area contributed by atoms with Crippen LogP contribution in [0.2, 0.25) is 0 Å². The minimum atomic E-state index is -0.534. The first-order valence-corrected chi connectivity index (χ1v) is 9.41. The molecular weight excluding hydrogens is 387 g/mol. The standard InChI is InChI=1S/C21H17FN6O2/c1-26-19-16(18(29)23-21(26)30)27(12-11-13-5-3-2-4-6-13)20-25-24-17(28(19)20)14-7-9-15(22)10-8-14/h2-10H,11-12H2,1H3,(H,23,29,30). The molecule has 9 heteroatoms. The topological polar surface area (TPSA) is 90.0 Å². The molecule has 0 spiro atoms. The van der Waals surface area contributed by atoms with E-state index in [4.69, 9.17) is 0 Å². The van der Waals surface area contributed by atoms with Gasteiger partial charge in [-0.05, 0) is 36.2 Å². The molecule has 0 radical (unpaired) electrons. The number of hydrogen-bond donors (Lipinski definition) is 1. The van der Waals surface area contributed by atoms with Gasteiger partial charge in [-0.3, -0.25) is 14.3 Å². The van der Waals surface area contributed by atoms with Crippen molar-refractivity contribution in [2.24, 2.45) is 7.05 Å². The van der Waals surface area contributed by atoms with Gasteiger partial charge in [-0.15, -0.1) is 10.2 Å². The summed E-state index contributed by atoms with van der Waals surface area (Å²) in [7, 11) is 1.58. The maximum Gasteiger partial charge on any atom is 0.329 e. The molecule has 30 heavy (non-hydrogen) atoms. The number of nitrogens with one attached hydrogen (secondary N) is 1. The van der Waals surface area contributed by atoms with Crippen LogP contribution in [0.5, 0.6) is 0 Å². The molecule has 150 valence electrons. The number of halogens is 1. The van der Waals surface area contributed by atoms with Crippen molar-refractivity contribution in [3.05, 3.63) is 86.8 Å². The van der Waals surface area contributed by atoms with E-state index in [1.165, 1.54) is 16.7 Å². The Morgan fingerprint density at radius 3 is 2.47 bits per heavy atom. The van der Waals surface area contributed by atoms with Crippen LogP contribution in [0.15, 0.2) is 64.2 Å². The zero-order chi connectivity index (χ0) is 20.8. The fourth-order valence-corrected chi connectivity index (χ4v) is 3.73. The van der Waals surface area contributed by atoms with E-state index in [-0.39, 0.29) is 5.82 Å².